The SMILES string of the molecule is CC/C=C\C/C=C\C/C=C\C/C=C\C/C=C\CCCCCCCCCC(=O)NC(COC1OC(CO)C(O)C(O)C1O)C(O)/C=C/CCCCCCCCCCCCCCCCCCCCCCCCCCCCCCCC. The summed E-state index contributed by atoms with van der Waals surface area (Å²) in [7, 11) is 0. The van der Waals surface area contributed by atoms with Crippen LogP contribution in [0.1, 0.15) is 303 Å². The number of unbranched alkanes of at least 4 members (excludes halogenated alkanes) is 37. The highest BCUT2D eigenvalue weighted by Gasteiger charge is 2.44. The summed E-state index contributed by atoms with van der Waals surface area (Å²) in [5.74, 6) is -0.187. The summed E-state index contributed by atoms with van der Waals surface area (Å²) in [6.45, 7) is 3.69. The van der Waals surface area contributed by atoms with Gasteiger partial charge in [-0.3, -0.25) is 4.79 Å². The smallest absolute Gasteiger partial charge is 0.220 e. The van der Waals surface area contributed by atoms with E-state index in [0.717, 1.165) is 83.5 Å². The van der Waals surface area contributed by atoms with E-state index in [-0.39, 0.29) is 12.5 Å². The normalized spacial score (nSPS) is 19.1. The van der Waals surface area contributed by atoms with Gasteiger partial charge in [-0.15, -0.1) is 0 Å². The van der Waals surface area contributed by atoms with Crippen LogP contribution in [-0.4, -0.2) is 87.5 Å². The number of aliphatic hydroxyl groups is 5. The molecule has 1 amide bonds. The van der Waals surface area contributed by atoms with E-state index in [1.54, 1.807) is 6.08 Å². The van der Waals surface area contributed by atoms with Crippen molar-refractivity contribution in [3.05, 3.63) is 72.9 Å². The standard InChI is InChI=1S/C69H125NO8/c1-3-5-7-9-11-13-15-17-19-21-23-25-27-28-29-30-31-32-33-34-35-37-38-40-42-44-46-48-50-52-54-56-58-63(72)62(61-77-69-68(76)67(75)66(74)64(60-71)78-69)70-65(73)59-57-55-53-51-49-47-45-43-41-39-36-26-24-22-20-18-16-14-12-10-8-6-4-2/h6,8,12,14,18,20,24,26,39,41,56,58,62-64,66-69,71-72,74-76H,3-5,7,9-11,13,15-17,19,21-23,25,27-38,40,42-55,57,59-61H2,1-2H3,(H,70,73)/b8-6-,14-12-,20-18-,26-24-,41-39-,58-56+. The first-order chi connectivity index (χ1) is 38.3. The molecule has 7 unspecified atom stereocenters. The zero-order chi connectivity index (χ0) is 56.5. The first kappa shape index (κ1) is 73.6. The second kappa shape index (κ2) is 57.8. The molecule has 1 heterocycles. The van der Waals surface area contributed by atoms with E-state index in [0.29, 0.717) is 6.42 Å². The van der Waals surface area contributed by atoms with Crippen LogP contribution < -0.4 is 5.32 Å². The first-order valence-corrected chi connectivity index (χ1v) is 33.2. The zero-order valence-corrected chi connectivity index (χ0v) is 50.7. The Balaban J connectivity index is 2.16. The average molecular weight is 1100 g/mol. The Labute approximate surface area is 480 Å². The lowest BCUT2D eigenvalue weighted by Gasteiger charge is -2.40. The molecule has 6 N–H and O–H groups in total. The van der Waals surface area contributed by atoms with Gasteiger partial charge in [0.2, 0.25) is 5.91 Å². The Morgan fingerprint density at radius 2 is 0.795 bits per heavy atom. The number of ether oxygens (including phenoxy) is 2. The maximum Gasteiger partial charge on any atom is 0.220 e. The van der Waals surface area contributed by atoms with Gasteiger partial charge in [-0.05, 0) is 64.2 Å². The second-order valence-electron chi connectivity index (χ2n) is 22.9. The van der Waals surface area contributed by atoms with Crippen LogP contribution >= 0.6 is 0 Å². The van der Waals surface area contributed by atoms with Crippen molar-refractivity contribution in [3.63, 3.8) is 0 Å². The molecule has 0 aromatic heterocycles. The lowest BCUT2D eigenvalue weighted by molar-refractivity contribution is -0.302. The molecule has 0 aromatic carbocycles. The second-order valence-corrected chi connectivity index (χ2v) is 22.9. The molecule has 0 bridgehead atoms. The van der Waals surface area contributed by atoms with E-state index in [4.69, 9.17) is 9.47 Å². The third-order valence-corrected chi connectivity index (χ3v) is 15.5. The number of allylic oxidation sites excluding steroid dienone is 11. The highest BCUT2D eigenvalue weighted by atomic mass is 16.7. The van der Waals surface area contributed by atoms with Gasteiger partial charge in [-0.1, -0.05) is 305 Å². The van der Waals surface area contributed by atoms with Gasteiger partial charge in [0, 0.05) is 6.42 Å². The minimum atomic E-state index is -1.57. The Kier molecular flexibility index (Phi) is 54.6. The summed E-state index contributed by atoms with van der Waals surface area (Å²) < 4.78 is 11.3. The third kappa shape index (κ3) is 46.3. The predicted octanol–water partition coefficient (Wildman–Crippen LogP) is 17.6. The Hall–Kier alpha value is -2.37. The number of carbonyl (C=O) groups excluding carboxylic acids is 1. The zero-order valence-electron chi connectivity index (χ0n) is 50.7. The summed E-state index contributed by atoms with van der Waals surface area (Å²) >= 11 is 0. The van der Waals surface area contributed by atoms with Crippen LogP contribution in [0.25, 0.3) is 0 Å². The van der Waals surface area contributed by atoms with E-state index in [2.05, 4.69) is 79.9 Å². The number of carbonyl (C=O) groups is 1. The summed E-state index contributed by atoms with van der Waals surface area (Å²) in [6, 6.07) is -0.817. The summed E-state index contributed by atoms with van der Waals surface area (Å²) in [4.78, 5) is 13.1. The van der Waals surface area contributed by atoms with Crippen LogP contribution in [0.4, 0.5) is 0 Å². The lowest BCUT2D eigenvalue weighted by atomic mass is 9.99. The molecule has 7 atom stereocenters. The topological polar surface area (TPSA) is 149 Å². The Morgan fingerprint density at radius 1 is 0.449 bits per heavy atom. The molecule has 1 rings (SSSR count). The molecular weight excluding hydrogens is 971 g/mol. The van der Waals surface area contributed by atoms with Crippen molar-refractivity contribution >= 4 is 5.91 Å². The Morgan fingerprint density at radius 3 is 1.18 bits per heavy atom. The van der Waals surface area contributed by atoms with Crippen LogP contribution in [0.5, 0.6) is 0 Å². The van der Waals surface area contributed by atoms with E-state index in [9.17, 15) is 30.3 Å². The van der Waals surface area contributed by atoms with Crippen molar-refractivity contribution in [3.8, 4) is 0 Å². The van der Waals surface area contributed by atoms with Crippen LogP contribution in [0.15, 0.2) is 72.9 Å². The summed E-state index contributed by atoms with van der Waals surface area (Å²) in [5, 5.41) is 54.7. The quantitative estimate of drug-likeness (QED) is 0.0261. The number of hydrogen-bond donors (Lipinski definition) is 6. The largest absolute Gasteiger partial charge is 0.394 e. The van der Waals surface area contributed by atoms with Crippen molar-refractivity contribution in [1.29, 1.82) is 0 Å². The molecule has 0 aromatic rings. The number of aliphatic hydroxyl groups excluding tert-OH is 5. The third-order valence-electron chi connectivity index (χ3n) is 15.5. The minimum Gasteiger partial charge on any atom is -0.394 e. The van der Waals surface area contributed by atoms with Gasteiger partial charge in [-0.25, -0.2) is 0 Å². The molecule has 1 aliphatic rings. The molecule has 9 nitrogen and oxygen atoms in total. The molecule has 0 spiro atoms. The van der Waals surface area contributed by atoms with Gasteiger partial charge in [0.15, 0.2) is 6.29 Å². The maximum absolute atomic E-state index is 13.1. The molecule has 1 fully saturated rings. The molecule has 1 saturated heterocycles. The van der Waals surface area contributed by atoms with Crippen LogP contribution in [0.3, 0.4) is 0 Å². The number of rotatable bonds is 57. The molecule has 9 heteroatoms. The van der Waals surface area contributed by atoms with E-state index < -0.39 is 49.5 Å². The molecule has 78 heavy (non-hydrogen) atoms. The van der Waals surface area contributed by atoms with Gasteiger partial charge in [0.1, 0.15) is 24.4 Å². The maximum atomic E-state index is 13.1. The van der Waals surface area contributed by atoms with Crippen molar-refractivity contribution in [2.75, 3.05) is 13.2 Å². The van der Waals surface area contributed by atoms with Gasteiger partial charge >= 0.3 is 0 Å². The van der Waals surface area contributed by atoms with Crippen molar-refractivity contribution in [2.45, 2.75) is 346 Å². The fourth-order valence-corrected chi connectivity index (χ4v) is 10.4. The van der Waals surface area contributed by atoms with Gasteiger partial charge in [0.25, 0.3) is 0 Å². The molecular formula is C69H125NO8. The Bertz CT molecular complexity index is 1460. The summed E-state index contributed by atoms with van der Waals surface area (Å²) in [6.07, 6.45) is 74.2. The summed E-state index contributed by atoms with van der Waals surface area (Å²) in [5.41, 5.74) is 0. The van der Waals surface area contributed by atoms with E-state index in [1.165, 1.54) is 199 Å². The monoisotopic (exact) mass is 1100 g/mol. The van der Waals surface area contributed by atoms with Crippen molar-refractivity contribution in [2.24, 2.45) is 0 Å². The number of hydrogen-bond acceptors (Lipinski definition) is 8. The minimum absolute atomic E-state index is 0.187. The molecule has 0 aliphatic carbocycles. The van der Waals surface area contributed by atoms with Crippen molar-refractivity contribution in [1.82, 2.24) is 5.32 Å². The van der Waals surface area contributed by atoms with Gasteiger partial charge < -0.3 is 40.3 Å². The van der Waals surface area contributed by atoms with Crippen LogP contribution in [0, 0.1) is 0 Å². The highest BCUT2D eigenvalue weighted by molar-refractivity contribution is 5.76. The molecule has 454 valence electrons. The number of amides is 1. The molecule has 1 aliphatic heterocycles. The average Bonchev–Trinajstić information content (AvgIpc) is 3.45. The van der Waals surface area contributed by atoms with Crippen LogP contribution in [0.2, 0.25) is 0 Å². The fourth-order valence-electron chi connectivity index (χ4n) is 10.4. The van der Waals surface area contributed by atoms with Gasteiger partial charge in [-0.2, -0.15) is 0 Å². The lowest BCUT2D eigenvalue weighted by Crippen LogP contribution is -2.60. The van der Waals surface area contributed by atoms with Crippen LogP contribution in [-0.2, 0) is 14.3 Å². The van der Waals surface area contributed by atoms with E-state index in [1.807, 2.05) is 6.08 Å². The number of nitrogens with one attached hydrogen (secondary N) is 1. The molecule has 0 saturated carbocycles. The van der Waals surface area contributed by atoms with Gasteiger partial charge in [0.05, 0.1) is 25.4 Å². The highest BCUT2D eigenvalue weighted by Crippen LogP contribution is 2.23. The van der Waals surface area contributed by atoms with Crippen molar-refractivity contribution < 1.29 is 39.8 Å². The molecule has 0 radical (unpaired) electrons. The predicted molar refractivity (Wildman–Crippen MR) is 332 cm³/mol. The fraction of sp³-hybridized carbons (Fsp3) is 0.812. The van der Waals surface area contributed by atoms with E-state index >= 15 is 0 Å². The first-order valence-electron chi connectivity index (χ1n) is 33.2.